The normalized spacial score (nSPS) is 7.31. The van der Waals surface area contributed by atoms with Crippen molar-refractivity contribution in [2.24, 2.45) is 0 Å². The maximum absolute atomic E-state index is 9.84. The third kappa shape index (κ3) is 17.9. The average Bonchev–Trinajstić information content (AvgIpc) is 2.01. The van der Waals surface area contributed by atoms with E-state index in [-0.39, 0.29) is 0 Å². The van der Waals surface area contributed by atoms with Crippen molar-refractivity contribution in [1.82, 2.24) is 0 Å². The summed E-state index contributed by atoms with van der Waals surface area (Å²) in [5.74, 6) is -1.52. The number of esters is 3. The van der Waals surface area contributed by atoms with Gasteiger partial charge in [0, 0.05) is 19.9 Å². The zero-order chi connectivity index (χ0) is 10.9. The number of ether oxygens (including phenoxy) is 2. The number of carbonyl (C=O) groups is 3. The van der Waals surface area contributed by atoms with E-state index in [1.54, 1.807) is 0 Å². The van der Waals surface area contributed by atoms with Crippen molar-refractivity contribution in [3.8, 4) is 0 Å². The van der Waals surface area contributed by atoms with Crippen molar-refractivity contribution >= 4 is 17.9 Å². The summed E-state index contributed by atoms with van der Waals surface area (Å²) in [7, 11) is 1.31. The molecule has 0 aliphatic heterocycles. The Morgan fingerprint density at radius 1 is 1.15 bits per heavy atom. The molecular weight excluding hydrogens is 176 g/mol. The lowest BCUT2D eigenvalue weighted by Gasteiger charge is -1.87. The molecule has 0 heterocycles. The van der Waals surface area contributed by atoms with Gasteiger partial charge in [0.25, 0.3) is 0 Å². The van der Waals surface area contributed by atoms with E-state index in [2.05, 4.69) is 16.1 Å². The molecule has 0 radical (unpaired) electrons. The highest BCUT2D eigenvalue weighted by Gasteiger charge is 1.93. The highest BCUT2D eigenvalue weighted by atomic mass is 16.6. The molecular formula is C8H12O5. The number of carbonyl (C=O) groups excluding carboxylic acids is 3. The van der Waals surface area contributed by atoms with Crippen molar-refractivity contribution in [2.75, 3.05) is 7.11 Å². The summed E-state index contributed by atoms with van der Waals surface area (Å²) < 4.78 is 8.11. The van der Waals surface area contributed by atoms with E-state index in [0.29, 0.717) is 0 Å². The monoisotopic (exact) mass is 188 g/mol. The van der Waals surface area contributed by atoms with Crippen LogP contribution in [0.25, 0.3) is 0 Å². The molecule has 0 aliphatic carbocycles. The van der Waals surface area contributed by atoms with Crippen molar-refractivity contribution in [3.63, 3.8) is 0 Å². The second-order valence-corrected chi connectivity index (χ2v) is 1.81. The Kier molecular flexibility index (Phi) is 9.04. The lowest BCUT2D eigenvalue weighted by Crippen LogP contribution is -2.03. The molecule has 13 heavy (non-hydrogen) atoms. The van der Waals surface area contributed by atoms with Gasteiger partial charge in [0.2, 0.25) is 0 Å². The molecule has 0 atom stereocenters. The van der Waals surface area contributed by atoms with Crippen LogP contribution in [0.4, 0.5) is 0 Å². The molecule has 0 fully saturated rings. The Balaban J connectivity index is 0. The summed E-state index contributed by atoms with van der Waals surface area (Å²) in [6, 6.07) is 0. The van der Waals surface area contributed by atoms with E-state index in [1.165, 1.54) is 21.0 Å². The molecule has 5 heteroatoms. The fraction of sp³-hybridized carbons (Fsp3) is 0.375. The topological polar surface area (TPSA) is 69.7 Å². The molecule has 0 aliphatic rings. The molecule has 0 N–H and O–H groups in total. The van der Waals surface area contributed by atoms with Gasteiger partial charge in [-0.05, 0) is 0 Å². The molecule has 0 amide bonds. The van der Waals surface area contributed by atoms with E-state index in [0.717, 1.165) is 6.08 Å². The van der Waals surface area contributed by atoms with Gasteiger partial charge in [-0.2, -0.15) is 0 Å². The van der Waals surface area contributed by atoms with Crippen LogP contribution in [-0.4, -0.2) is 25.0 Å². The van der Waals surface area contributed by atoms with E-state index in [9.17, 15) is 14.4 Å². The van der Waals surface area contributed by atoms with Gasteiger partial charge >= 0.3 is 17.9 Å². The summed E-state index contributed by atoms with van der Waals surface area (Å²) in [5.41, 5.74) is 0. The average molecular weight is 188 g/mol. The first-order valence-corrected chi connectivity index (χ1v) is 3.33. The summed E-state index contributed by atoms with van der Waals surface area (Å²) >= 11 is 0. The quantitative estimate of drug-likeness (QED) is 0.339. The second kappa shape index (κ2) is 8.45. The minimum Gasteiger partial charge on any atom is -0.466 e. The molecule has 0 aromatic carbocycles. The van der Waals surface area contributed by atoms with Gasteiger partial charge < -0.3 is 9.47 Å². The summed E-state index contributed by atoms with van der Waals surface area (Å²) in [5, 5.41) is 0. The minimum atomic E-state index is -0.562. The molecule has 0 saturated heterocycles. The van der Waals surface area contributed by atoms with Crippen molar-refractivity contribution in [2.45, 2.75) is 13.8 Å². The lowest BCUT2D eigenvalue weighted by atomic mass is 10.7. The SMILES string of the molecule is C=CC(=O)OC.CC(=O)OC(C)=O. The standard InChI is InChI=1S/C4H6O3.C4H6O2/c1-3(5)7-4(2)6;1-3-4(5)6-2/h1-2H3;3H,1H2,2H3. The molecule has 0 aromatic rings. The highest BCUT2D eigenvalue weighted by Crippen LogP contribution is 1.73. The summed E-state index contributed by atoms with van der Waals surface area (Å²) in [6.07, 6.45) is 1.11. The van der Waals surface area contributed by atoms with E-state index in [1.807, 2.05) is 0 Å². The molecule has 0 unspecified atom stereocenters. The second-order valence-electron chi connectivity index (χ2n) is 1.81. The fourth-order valence-corrected chi connectivity index (χ4v) is 0.286. The van der Waals surface area contributed by atoms with Crippen LogP contribution >= 0.6 is 0 Å². The van der Waals surface area contributed by atoms with Gasteiger partial charge in [-0.3, -0.25) is 9.59 Å². The number of hydrogen-bond acceptors (Lipinski definition) is 5. The van der Waals surface area contributed by atoms with Crippen molar-refractivity contribution < 1.29 is 23.9 Å². The predicted molar refractivity (Wildman–Crippen MR) is 44.7 cm³/mol. The van der Waals surface area contributed by atoms with Crippen LogP contribution in [-0.2, 0) is 23.9 Å². The minimum absolute atomic E-state index is 0.394. The van der Waals surface area contributed by atoms with Crippen LogP contribution < -0.4 is 0 Å². The molecule has 0 rings (SSSR count). The largest absolute Gasteiger partial charge is 0.466 e. The van der Waals surface area contributed by atoms with E-state index >= 15 is 0 Å². The van der Waals surface area contributed by atoms with Gasteiger partial charge in [-0.15, -0.1) is 0 Å². The Morgan fingerprint density at radius 2 is 1.54 bits per heavy atom. The zero-order valence-electron chi connectivity index (χ0n) is 7.83. The van der Waals surface area contributed by atoms with Gasteiger partial charge in [-0.25, -0.2) is 4.79 Å². The summed E-state index contributed by atoms with van der Waals surface area (Å²) in [4.78, 5) is 29.5. The first kappa shape index (κ1) is 13.9. The van der Waals surface area contributed by atoms with Crippen LogP contribution in [0.1, 0.15) is 13.8 Å². The molecule has 0 saturated carbocycles. The molecule has 5 nitrogen and oxygen atoms in total. The smallest absolute Gasteiger partial charge is 0.329 e. The number of rotatable bonds is 1. The van der Waals surface area contributed by atoms with Gasteiger partial charge in [0.15, 0.2) is 0 Å². The Labute approximate surface area is 76.3 Å². The first-order chi connectivity index (χ1) is 5.93. The van der Waals surface area contributed by atoms with E-state index < -0.39 is 17.9 Å². The van der Waals surface area contributed by atoms with Crippen LogP contribution in [0, 0.1) is 0 Å². The van der Waals surface area contributed by atoms with E-state index in [4.69, 9.17) is 0 Å². The fourth-order valence-electron chi connectivity index (χ4n) is 0.286. The van der Waals surface area contributed by atoms with Crippen molar-refractivity contribution in [1.29, 1.82) is 0 Å². The Morgan fingerprint density at radius 3 is 1.54 bits per heavy atom. The number of methoxy groups -OCH3 is 1. The Hall–Kier alpha value is -1.65. The maximum Gasteiger partial charge on any atom is 0.329 e. The molecule has 0 aromatic heterocycles. The van der Waals surface area contributed by atoms with Gasteiger partial charge in [-0.1, -0.05) is 6.58 Å². The third-order valence-electron chi connectivity index (χ3n) is 0.655. The summed E-state index contributed by atoms with van der Waals surface area (Å²) in [6.45, 7) is 5.52. The van der Waals surface area contributed by atoms with Crippen LogP contribution in [0.15, 0.2) is 12.7 Å². The third-order valence-corrected chi connectivity index (χ3v) is 0.655. The van der Waals surface area contributed by atoms with Gasteiger partial charge in [0.1, 0.15) is 0 Å². The van der Waals surface area contributed by atoms with Crippen LogP contribution in [0.5, 0.6) is 0 Å². The molecule has 0 bridgehead atoms. The molecule has 0 spiro atoms. The zero-order valence-corrected chi connectivity index (χ0v) is 7.83. The lowest BCUT2D eigenvalue weighted by molar-refractivity contribution is -0.156. The first-order valence-electron chi connectivity index (χ1n) is 3.33. The molecule has 74 valence electrons. The van der Waals surface area contributed by atoms with Crippen LogP contribution in [0.2, 0.25) is 0 Å². The van der Waals surface area contributed by atoms with Crippen LogP contribution in [0.3, 0.4) is 0 Å². The highest BCUT2D eigenvalue weighted by molar-refractivity contribution is 5.82. The Bertz CT molecular complexity index is 195. The number of hydrogen-bond donors (Lipinski definition) is 0. The van der Waals surface area contributed by atoms with Gasteiger partial charge in [0.05, 0.1) is 7.11 Å². The maximum atomic E-state index is 9.84. The predicted octanol–water partition coefficient (Wildman–Crippen LogP) is 0.441. The van der Waals surface area contributed by atoms with Crippen molar-refractivity contribution in [3.05, 3.63) is 12.7 Å².